The van der Waals surface area contributed by atoms with E-state index in [1.165, 1.54) is 15.3 Å². The summed E-state index contributed by atoms with van der Waals surface area (Å²) in [4.78, 5) is 23.1. The molecule has 3 aromatic rings. The highest BCUT2D eigenvalue weighted by Crippen LogP contribution is 2.30. The van der Waals surface area contributed by atoms with Crippen LogP contribution >= 0.6 is 11.3 Å². The molecule has 1 aliphatic heterocycles. The first kappa shape index (κ1) is 17.1. The molecule has 0 saturated heterocycles. The van der Waals surface area contributed by atoms with E-state index in [1.807, 2.05) is 11.3 Å². The second-order valence-electron chi connectivity index (χ2n) is 6.59. The molecule has 7 heteroatoms. The van der Waals surface area contributed by atoms with Gasteiger partial charge in [0.05, 0.1) is 31.7 Å². The van der Waals surface area contributed by atoms with Gasteiger partial charge >= 0.3 is 0 Å². The van der Waals surface area contributed by atoms with Gasteiger partial charge in [-0.05, 0) is 24.4 Å². The highest BCUT2D eigenvalue weighted by atomic mass is 32.1. The first-order valence-electron chi connectivity index (χ1n) is 8.66. The summed E-state index contributed by atoms with van der Waals surface area (Å²) in [6, 6.07) is 6.06. The Morgan fingerprint density at radius 2 is 2.08 bits per heavy atom. The van der Waals surface area contributed by atoms with Crippen LogP contribution in [-0.4, -0.2) is 30.7 Å². The number of hydrogen-bond acceptors (Lipinski definition) is 5. The molecular formula is C19H22N3O3S+. The monoisotopic (exact) mass is 372 g/mol. The van der Waals surface area contributed by atoms with Crippen LogP contribution in [0.5, 0.6) is 11.5 Å². The SMILES string of the molecule is COc1cc2nc(C[NH+]3CCc4sccc4[C@@H]3C)[nH]c(=O)c2cc1OC. The topological polar surface area (TPSA) is 68.7 Å². The van der Waals surface area contributed by atoms with Gasteiger partial charge in [-0.2, -0.15) is 0 Å². The van der Waals surface area contributed by atoms with Crippen LogP contribution in [-0.2, 0) is 13.0 Å². The number of methoxy groups -OCH3 is 2. The van der Waals surface area contributed by atoms with Crippen molar-refractivity contribution in [3.05, 3.63) is 50.2 Å². The van der Waals surface area contributed by atoms with E-state index in [9.17, 15) is 4.79 Å². The van der Waals surface area contributed by atoms with Crippen molar-refractivity contribution >= 4 is 22.2 Å². The second kappa shape index (κ2) is 6.74. The van der Waals surface area contributed by atoms with Crippen molar-refractivity contribution in [1.82, 2.24) is 9.97 Å². The number of nitrogens with zero attached hydrogens (tertiary/aromatic N) is 1. The molecule has 1 aromatic carbocycles. The highest BCUT2D eigenvalue weighted by Gasteiger charge is 2.28. The smallest absolute Gasteiger partial charge is 0.259 e. The van der Waals surface area contributed by atoms with E-state index in [0.29, 0.717) is 40.8 Å². The molecule has 2 aromatic heterocycles. The summed E-state index contributed by atoms with van der Waals surface area (Å²) in [5.41, 5.74) is 1.90. The molecule has 0 amide bonds. The minimum atomic E-state index is -0.147. The number of thiophene rings is 1. The minimum absolute atomic E-state index is 0.147. The van der Waals surface area contributed by atoms with E-state index >= 15 is 0 Å². The van der Waals surface area contributed by atoms with Crippen molar-refractivity contribution in [2.75, 3.05) is 20.8 Å². The average molecular weight is 372 g/mol. The van der Waals surface area contributed by atoms with E-state index in [-0.39, 0.29) is 5.56 Å². The fourth-order valence-electron chi connectivity index (χ4n) is 3.70. The van der Waals surface area contributed by atoms with Gasteiger partial charge in [-0.1, -0.05) is 0 Å². The van der Waals surface area contributed by atoms with Crippen molar-refractivity contribution in [2.45, 2.75) is 25.9 Å². The Kier molecular flexibility index (Phi) is 4.42. The highest BCUT2D eigenvalue weighted by molar-refractivity contribution is 7.10. The van der Waals surface area contributed by atoms with Gasteiger partial charge in [0, 0.05) is 22.9 Å². The number of aromatic nitrogens is 2. The molecule has 1 unspecified atom stereocenters. The van der Waals surface area contributed by atoms with Crippen LogP contribution in [0.15, 0.2) is 28.4 Å². The summed E-state index contributed by atoms with van der Waals surface area (Å²) < 4.78 is 10.6. The molecule has 0 spiro atoms. The van der Waals surface area contributed by atoms with E-state index < -0.39 is 0 Å². The average Bonchev–Trinajstić information content (AvgIpc) is 3.12. The molecule has 0 aliphatic carbocycles. The predicted molar refractivity (Wildman–Crippen MR) is 101 cm³/mol. The molecule has 1 aliphatic rings. The van der Waals surface area contributed by atoms with Gasteiger partial charge in [0.1, 0.15) is 12.6 Å². The number of H-pyrrole nitrogens is 1. The molecule has 2 atom stereocenters. The molecule has 0 saturated carbocycles. The molecule has 3 heterocycles. The largest absolute Gasteiger partial charge is 0.493 e. The molecular weight excluding hydrogens is 350 g/mol. The van der Waals surface area contributed by atoms with Crippen LogP contribution < -0.4 is 19.9 Å². The van der Waals surface area contributed by atoms with Crippen molar-refractivity contribution < 1.29 is 14.4 Å². The molecule has 136 valence electrons. The molecule has 0 fully saturated rings. The lowest BCUT2D eigenvalue weighted by atomic mass is 10.0. The first-order chi connectivity index (χ1) is 12.6. The van der Waals surface area contributed by atoms with Gasteiger partial charge in [-0.25, -0.2) is 4.98 Å². The van der Waals surface area contributed by atoms with E-state index in [1.54, 1.807) is 26.4 Å². The van der Waals surface area contributed by atoms with E-state index in [2.05, 4.69) is 28.3 Å². The molecule has 26 heavy (non-hydrogen) atoms. The second-order valence-corrected chi connectivity index (χ2v) is 7.59. The summed E-state index contributed by atoms with van der Waals surface area (Å²) in [6.07, 6.45) is 1.08. The lowest BCUT2D eigenvalue weighted by Gasteiger charge is -2.30. The van der Waals surface area contributed by atoms with Crippen LogP contribution in [0.25, 0.3) is 10.9 Å². The molecule has 6 nitrogen and oxygen atoms in total. The van der Waals surface area contributed by atoms with Crippen molar-refractivity contribution in [2.24, 2.45) is 0 Å². The zero-order chi connectivity index (χ0) is 18.3. The Hall–Kier alpha value is -2.38. The molecule has 2 N–H and O–H groups in total. The normalized spacial score (nSPS) is 19.3. The van der Waals surface area contributed by atoms with Crippen LogP contribution in [0.1, 0.15) is 29.2 Å². The third-order valence-corrected chi connectivity index (χ3v) is 6.18. The summed E-state index contributed by atoms with van der Waals surface area (Å²) >= 11 is 1.84. The quantitative estimate of drug-likeness (QED) is 0.732. The Labute approximate surface area is 155 Å². The van der Waals surface area contributed by atoms with Crippen LogP contribution in [0.3, 0.4) is 0 Å². The number of rotatable bonds is 4. The predicted octanol–water partition coefficient (Wildman–Crippen LogP) is 1.70. The Morgan fingerprint density at radius 1 is 1.31 bits per heavy atom. The molecule has 0 bridgehead atoms. The van der Waals surface area contributed by atoms with Gasteiger partial charge in [-0.3, -0.25) is 4.79 Å². The lowest BCUT2D eigenvalue weighted by Crippen LogP contribution is -3.11. The lowest BCUT2D eigenvalue weighted by molar-refractivity contribution is -0.945. The molecule has 0 radical (unpaired) electrons. The number of hydrogen-bond donors (Lipinski definition) is 2. The number of quaternary nitrogens is 1. The number of ether oxygens (including phenoxy) is 2. The maximum absolute atomic E-state index is 12.5. The Balaban J connectivity index is 1.68. The fraction of sp³-hybridized carbons (Fsp3) is 0.368. The number of benzene rings is 1. The Bertz CT molecular complexity index is 1010. The van der Waals surface area contributed by atoms with Crippen molar-refractivity contribution in [3.63, 3.8) is 0 Å². The summed E-state index contributed by atoms with van der Waals surface area (Å²) in [6.45, 7) is 3.98. The van der Waals surface area contributed by atoms with Crippen LogP contribution in [0.2, 0.25) is 0 Å². The summed E-state index contributed by atoms with van der Waals surface area (Å²) in [7, 11) is 3.13. The third-order valence-electron chi connectivity index (χ3n) is 5.19. The van der Waals surface area contributed by atoms with Gasteiger partial charge in [0.2, 0.25) is 0 Å². The van der Waals surface area contributed by atoms with Gasteiger partial charge in [-0.15, -0.1) is 11.3 Å². The maximum Gasteiger partial charge on any atom is 0.259 e. The van der Waals surface area contributed by atoms with Crippen LogP contribution in [0, 0.1) is 0 Å². The van der Waals surface area contributed by atoms with E-state index in [4.69, 9.17) is 9.47 Å². The zero-order valence-electron chi connectivity index (χ0n) is 15.1. The van der Waals surface area contributed by atoms with Crippen molar-refractivity contribution in [3.8, 4) is 11.5 Å². The number of aromatic amines is 1. The summed E-state index contributed by atoms with van der Waals surface area (Å²) in [5, 5.41) is 2.67. The minimum Gasteiger partial charge on any atom is -0.493 e. The van der Waals surface area contributed by atoms with E-state index in [0.717, 1.165) is 13.0 Å². The standard InChI is InChI=1S/C19H21N3O3S/c1-11-12-5-7-26-17(12)4-6-22(11)10-18-20-14-9-16(25-3)15(24-2)8-13(14)19(23)21-18/h5,7-9,11H,4,6,10H2,1-3H3,(H,20,21,23)/p+1/t11-/m0/s1. The zero-order valence-corrected chi connectivity index (χ0v) is 15.9. The number of fused-ring (bicyclic) bond motifs is 2. The summed E-state index contributed by atoms with van der Waals surface area (Å²) in [5.74, 6) is 1.81. The number of nitrogens with one attached hydrogen (secondary N) is 2. The Morgan fingerprint density at radius 3 is 2.85 bits per heavy atom. The fourth-order valence-corrected chi connectivity index (χ4v) is 4.68. The van der Waals surface area contributed by atoms with Gasteiger partial charge < -0.3 is 19.4 Å². The van der Waals surface area contributed by atoms with Crippen LogP contribution in [0.4, 0.5) is 0 Å². The third kappa shape index (κ3) is 2.87. The van der Waals surface area contributed by atoms with Gasteiger partial charge in [0.15, 0.2) is 17.3 Å². The first-order valence-corrected chi connectivity index (χ1v) is 9.54. The molecule has 4 rings (SSSR count). The maximum atomic E-state index is 12.5. The van der Waals surface area contributed by atoms with Gasteiger partial charge in [0.25, 0.3) is 5.56 Å². The van der Waals surface area contributed by atoms with Crippen molar-refractivity contribution in [1.29, 1.82) is 0 Å².